The highest BCUT2D eigenvalue weighted by molar-refractivity contribution is 6.29. The second-order valence-corrected chi connectivity index (χ2v) is 6.79. The molecular formula is C15H21ClN4O5. The van der Waals surface area contributed by atoms with Crippen LogP contribution in [0, 0.1) is 0 Å². The summed E-state index contributed by atoms with van der Waals surface area (Å²) in [5, 5.41) is 10.5. The van der Waals surface area contributed by atoms with Gasteiger partial charge in [-0.1, -0.05) is 11.6 Å². The summed E-state index contributed by atoms with van der Waals surface area (Å²) in [4.78, 5) is 24.3. The van der Waals surface area contributed by atoms with Gasteiger partial charge in [-0.15, -0.1) is 10.2 Å². The molecule has 1 aliphatic heterocycles. The Labute approximate surface area is 150 Å². The molecule has 0 aliphatic carbocycles. The van der Waals surface area contributed by atoms with E-state index in [-0.39, 0.29) is 29.7 Å². The van der Waals surface area contributed by atoms with Crippen molar-refractivity contribution < 1.29 is 23.8 Å². The van der Waals surface area contributed by atoms with Gasteiger partial charge in [0.1, 0.15) is 11.3 Å². The first-order valence-corrected chi connectivity index (χ1v) is 8.13. The molecule has 9 nitrogen and oxygen atoms in total. The van der Waals surface area contributed by atoms with Gasteiger partial charge in [-0.05, 0) is 20.8 Å². The van der Waals surface area contributed by atoms with Crippen LogP contribution in [-0.2, 0) is 14.3 Å². The van der Waals surface area contributed by atoms with Gasteiger partial charge in [-0.25, -0.2) is 4.79 Å². The molecule has 2 rings (SSSR count). The van der Waals surface area contributed by atoms with Crippen molar-refractivity contribution in [1.82, 2.24) is 15.1 Å². The van der Waals surface area contributed by atoms with Gasteiger partial charge in [-0.3, -0.25) is 4.79 Å². The average Bonchev–Trinajstić information content (AvgIpc) is 2.54. The topological polar surface area (TPSA) is 103 Å². The quantitative estimate of drug-likeness (QED) is 0.779. The Morgan fingerprint density at radius 1 is 1.52 bits per heavy atom. The van der Waals surface area contributed by atoms with E-state index in [4.69, 9.17) is 25.8 Å². The first-order chi connectivity index (χ1) is 11.8. The molecule has 2 heterocycles. The van der Waals surface area contributed by atoms with Crippen LogP contribution < -0.4 is 10.1 Å². The molecule has 1 fully saturated rings. The fourth-order valence-electron chi connectivity index (χ4n) is 2.17. The molecule has 138 valence electrons. The highest BCUT2D eigenvalue weighted by atomic mass is 35.5. The van der Waals surface area contributed by atoms with E-state index in [2.05, 4.69) is 15.5 Å². The second-order valence-electron chi connectivity index (χ2n) is 6.40. The largest absolute Gasteiger partial charge is 0.444 e. The van der Waals surface area contributed by atoms with E-state index in [0.717, 1.165) is 0 Å². The van der Waals surface area contributed by atoms with Crippen molar-refractivity contribution in [3.05, 3.63) is 11.2 Å². The first kappa shape index (κ1) is 19.2. The molecule has 1 amide bonds. The predicted molar refractivity (Wildman–Crippen MR) is 89.8 cm³/mol. The van der Waals surface area contributed by atoms with Crippen LogP contribution in [0.5, 0.6) is 5.88 Å². The Morgan fingerprint density at radius 3 is 2.96 bits per heavy atom. The number of ether oxygens (including phenoxy) is 3. The highest BCUT2D eigenvalue weighted by Gasteiger charge is 2.28. The summed E-state index contributed by atoms with van der Waals surface area (Å²) in [6.45, 7) is 7.31. The Morgan fingerprint density at radius 2 is 2.28 bits per heavy atom. The van der Waals surface area contributed by atoms with Gasteiger partial charge in [-0.2, -0.15) is 0 Å². The highest BCUT2D eigenvalue weighted by Crippen LogP contribution is 2.23. The zero-order valence-corrected chi connectivity index (χ0v) is 15.1. The minimum absolute atomic E-state index is 0.0132. The summed E-state index contributed by atoms with van der Waals surface area (Å²) < 4.78 is 15.8. The molecule has 10 heteroatoms. The third kappa shape index (κ3) is 6.02. The smallest absolute Gasteiger partial charge is 0.410 e. The van der Waals surface area contributed by atoms with Crippen molar-refractivity contribution in [2.45, 2.75) is 32.5 Å². The van der Waals surface area contributed by atoms with Gasteiger partial charge < -0.3 is 24.4 Å². The Balaban J connectivity index is 1.94. The van der Waals surface area contributed by atoms with E-state index >= 15 is 0 Å². The fourth-order valence-corrected chi connectivity index (χ4v) is 2.32. The number of carbonyl (C=O) groups excluding carboxylic acids is 2. The van der Waals surface area contributed by atoms with Crippen LogP contribution in [0.1, 0.15) is 20.8 Å². The van der Waals surface area contributed by atoms with E-state index in [1.54, 1.807) is 4.90 Å². The molecule has 1 aliphatic rings. The van der Waals surface area contributed by atoms with Crippen LogP contribution in [0.3, 0.4) is 0 Å². The molecular weight excluding hydrogens is 352 g/mol. The lowest BCUT2D eigenvalue weighted by molar-refractivity contribution is -0.120. The number of amides is 1. The number of anilines is 1. The van der Waals surface area contributed by atoms with Crippen molar-refractivity contribution >= 4 is 29.9 Å². The van der Waals surface area contributed by atoms with Gasteiger partial charge in [0.05, 0.1) is 19.3 Å². The standard InChI is InChI=1S/C15H21ClN4O5/c1-15(2,3)25-14(22)20-4-5-23-10(8-20)7-17-11-6-12(16)18-19-13(11)24-9-21/h6,9-10H,4-5,7-8H2,1-3H3,(H,17,18). The third-order valence-corrected chi connectivity index (χ3v) is 3.39. The number of carbonyl (C=O) groups is 2. The van der Waals surface area contributed by atoms with E-state index in [0.29, 0.717) is 31.9 Å². The molecule has 0 saturated carbocycles. The lowest BCUT2D eigenvalue weighted by Gasteiger charge is -2.34. The number of morpholine rings is 1. The number of nitrogens with zero attached hydrogens (tertiary/aromatic N) is 3. The minimum atomic E-state index is -0.552. The maximum Gasteiger partial charge on any atom is 0.410 e. The Bertz CT molecular complexity index is 622. The Kier molecular flexibility index (Phi) is 6.38. The monoisotopic (exact) mass is 372 g/mol. The van der Waals surface area contributed by atoms with Crippen LogP contribution >= 0.6 is 11.6 Å². The molecule has 1 N–H and O–H groups in total. The normalized spacial score (nSPS) is 17.8. The second kappa shape index (κ2) is 8.30. The zero-order chi connectivity index (χ0) is 18.4. The van der Waals surface area contributed by atoms with Crippen molar-refractivity contribution in [3.63, 3.8) is 0 Å². The van der Waals surface area contributed by atoms with E-state index in [9.17, 15) is 9.59 Å². The summed E-state index contributed by atoms with van der Waals surface area (Å²) in [6, 6.07) is 1.49. The lowest BCUT2D eigenvalue weighted by atomic mass is 10.2. The number of halogens is 1. The molecule has 1 aromatic rings. The number of rotatable bonds is 5. The molecule has 0 bridgehead atoms. The SMILES string of the molecule is CC(C)(C)OC(=O)N1CCOC(CNc2cc(Cl)nnc2OC=O)C1. The average molecular weight is 373 g/mol. The third-order valence-electron chi connectivity index (χ3n) is 3.20. The van der Waals surface area contributed by atoms with E-state index < -0.39 is 5.60 Å². The summed E-state index contributed by atoms with van der Waals surface area (Å²) in [5.41, 5.74) is -0.144. The first-order valence-electron chi connectivity index (χ1n) is 7.75. The molecule has 25 heavy (non-hydrogen) atoms. The fraction of sp³-hybridized carbons (Fsp3) is 0.600. The van der Waals surface area contributed by atoms with Crippen LogP contribution in [0.2, 0.25) is 5.15 Å². The van der Waals surface area contributed by atoms with Crippen LogP contribution in [0.4, 0.5) is 10.5 Å². The van der Waals surface area contributed by atoms with Crippen molar-refractivity contribution in [1.29, 1.82) is 0 Å². The summed E-state index contributed by atoms with van der Waals surface area (Å²) in [5.74, 6) is 0.0132. The summed E-state index contributed by atoms with van der Waals surface area (Å²) >= 11 is 5.81. The van der Waals surface area contributed by atoms with E-state index in [1.807, 2.05) is 20.8 Å². The Hall–Kier alpha value is -2.13. The molecule has 0 spiro atoms. The summed E-state index contributed by atoms with van der Waals surface area (Å²) in [7, 11) is 0. The minimum Gasteiger partial charge on any atom is -0.444 e. The lowest BCUT2D eigenvalue weighted by Crippen LogP contribution is -2.49. The molecule has 1 aromatic heterocycles. The zero-order valence-electron chi connectivity index (χ0n) is 14.3. The van der Waals surface area contributed by atoms with Crippen LogP contribution in [-0.4, -0.2) is 65.6 Å². The van der Waals surface area contributed by atoms with Crippen molar-refractivity contribution in [2.75, 3.05) is 31.6 Å². The summed E-state index contributed by atoms with van der Waals surface area (Å²) in [6.07, 6.45) is -0.642. The molecule has 1 atom stereocenters. The number of hydrogen-bond donors (Lipinski definition) is 1. The van der Waals surface area contributed by atoms with E-state index in [1.165, 1.54) is 6.07 Å². The molecule has 1 unspecified atom stereocenters. The van der Waals surface area contributed by atoms with Gasteiger partial charge in [0.15, 0.2) is 5.15 Å². The van der Waals surface area contributed by atoms with Crippen LogP contribution in [0.15, 0.2) is 6.07 Å². The van der Waals surface area contributed by atoms with Crippen LogP contribution in [0.25, 0.3) is 0 Å². The predicted octanol–water partition coefficient (Wildman–Crippen LogP) is 1.71. The van der Waals surface area contributed by atoms with Crippen molar-refractivity contribution in [2.24, 2.45) is 0 Å². The number of aromatic nitrogens is 2. The van der Waals surface area contributed by atoms with Gasteiger partial charge in [0, 0.05) is 19.2 Å². The molecule has 0 aromatic carbocycles. The maximum atomic E-state index is 12.2. The maximum absolute atomic E-state index is 12.2. The number of nitrogens with one attached hydrogen (secondary N) is 1. The van der Waals surface area contributed by atoms with Gasteiger partial charge in [0.25, 0.3) is 12.4 Å². The van der Waals surface area contributed by atoms with Gasteiger partial charge >= 0.3 is 6.09 Å². The van der Waals surface area contributed by atoms with Gasteiger partial charge in [0.2, 0.25) is 0 Å². The number of hydrogen-bond acceptors (Lipinski definition) is 8. The molecule has 1 saturated heterocycles. The van der Waals surface area contributed by atoms with Crippen molar-refractivity contribution in [3.8, 4) is 5.88 Å². The molecule has 0 radical (unpaired) electrons.